The second kappa shape index (κ2) is 4.98. The number of para-hydroxylation sites is 1. The van der Waals surface area contributed by atoms with Gasteiger partial charge in [0.15, 0.2) is 0 Å². The van der Waals surface area contributed by atoms with E-state index in [1.807, 2.05) is 24.3 Å². The summed E-state index contributed by atoms with van der Waals surface area (Å²) in [6.45, 7) is 1.11. The molecule has 2 amide bonds. The van der Waals surface area contributed by atoms with Crippen LogP contribution < -0.4 is 5.32 Å². The number of carbonyl (C=O) groups is 2. The maximum atomic E-state index is 12.9. The Bertz CT molecular complexity index is 753. The lowest BCUT2D eigenvalue weighted by Gasteiger charge is -2.32. The van der Waals surface area contributed by atoms with Crippen molar-refractivity contribution in [2.24, 2.45) is 0 Å². The van der Waals surface area contributed by atoms with Crippen LogP contribution in [0.3, 0.4) is 0 Å². The molecule has 2 aliphatic heterocycles. The van der Waals surface area contributed by atoms with Crippen molar-refractivity contribution in [3.63, 3.8) is 0 Å². The van der Waals surface area contributed by atoms with Gasteiger partial charge in [0.2, 0.25) is 11.8 Å². The summed E-state index contributed by atoms with van der Waals surface area (Å²) in [6, 6.07) is 7.49. The monoisotopic (exact) mass is 297 g/mol. The minimum atomic E-state index is -0.411. The Hall–Kier alpha value is -2.63. The molecule has 0 unspecified atom stereocenters. The van der Waals surface area contributed by atoms with Crippen LogP contribution in [-0.2, 0) is 22.6 Å². The molecule has 2 aromatic rings. The molecule has 6 nitrogen and oxygen atoms in total. The normalized spacial score (nSPS) is 20.1. The number of aromatic nitrogens is 1. The summed E-state index contributed by atoms with van der Waals surface area (Å²) < 4.78 is 4.96. The average Bonchev–Trinajstić information content (AvgIpc) is 3.00. The molecule has 0 aliphatic carbocycles. The molecule has 2 aliphatic rings. The number of anilines is 1. The lowest BCUT2D eigenvalue weighted by Crippen LogP contribution is -2.41. The maximum Gasteiger partial charge on any atom is 0.231 e. The molecule has 1 aromatic heterocycles. The fraction of sp³-hybridized carbons (Fsp3) is 0.312. The Morgan fingerprint density at radius 3 is 3.14 bits per heavy atom. The molecule has 1 N–H and O–H groups in total. The van der Waals surface area contributed by atoms with Crippen molar-refractivity contribution in [1.29, 1.82) is 0 Å². The Morgan fingerprint density at radius 1 is 1.36 bits per heavy atom. The van der Waals surface area contributed by atoms with E-state index in [0.29, 0.717) is 19.5 Å². The molecule has 6 heteroatoms. The van der Waals surface area contributed by atoms with Crippen LogP contribution in [0.2, 0.25) is 0 Å². The first-order chi connectivity index (χ1) is 10.7. The first kappa shape index (κ1) is 13.1. The summed E-state index contributed by atoms with van der Waals surface area (Å²) in [5, 5.41) is 6.76. The third-order valence-electron chi connectivity index (χ3n) is 4.32. The Kier molecular flexibility index (Phi) is 2.96. The molecule has 0 radical (unpaired) electrons. The highest BCUT2D eigenvalue weighted by atomic mass is 16.5. The van der Waals surface area contributed by atoms with Gasteiger partial charge in [0.1, 0.15) is 6.26 Å². The molecule has 0 bridgehead atoms. The van der Waals surface area contributed by atoms with E-state index in [4.69, 9.17) is 4.52 Å². The van der Waals surface area contributed by atoms with Gasteiger partial charge in [-0.2, -0.15) is 0 Å². The molecule has 1 atom stereocenters. The molecule has 22 heavy (non-hydrogen) atoms. The molecular weight excluding hydrogens is 282 g/mol. The van der Waals surface area contributed by atoms with Crippen LogP contribution in [0.15, 0.2) is 35.1 Å². The fourth-order valence-corrected chi connectivity index (χ4v) is 3.18. The van der Waals surface area contributed by atoms with Gasteiger partial charge in [0.05, 0.1) is 18.2 Å². The van der Waals surface area contributed by atoms with Crippen LogP contribution in [0, 0.1) is 0 Å². The Morgan fingerprint density at radius 2 is 2.23 bits per heavy atom. The fourth-order valence-electron chi connectivity index (χ4n) is 3.18. The highest BCUT2D eigenvalue weighted by Gasteiger charge is 2.34. The van der Waals surface area contributed by atoms with E-state index in [1.165, 1.54) is 0 Å². The Labute approximate surface area is 127 Å². The minimum absolute atomic E-state index is 0.00542. The molecule has 0 spiro atoms. The number of rotatable bonds is 1. The molecule has 4 rings (SSSR count). The number of nitrogens with zero attached hydrogens (tertiary/aromatic N) is 2. The van der Waals surface area contributed by atoms with Gasteiger partial charge >= 0.3 is 0 Å². The first-order valence-corrected chi connectivity index (χ1v) is 7.32. The number of carbonyl (C=O) groups excluding carboxylic acids is 2. The van der Waals surface area contributed by atoms with Gasteiger partial charge in [0.25, 0.3) is 0 Å². The smallest absolute Gasteiger partial charge is 0.231 e. The zero-order valence-corrected chi connectivity index (χ0v) is 11.9. The number of hydrogen-bond acceptors (Lipinski definition) is 4. The van der Waals surface area contributed by atoms with Crippen molar-refractivity contribution in [2.75, 3.05) is 11.9 Å². The summed E-state index contributed by atoms with van der Waals surface area (Å²) in [6.07, 6.45) is 2.48. The number of nitrogens with one attached hydrogen (secondary N) is 1. The van der Waals surface area contributed by atoms with Crippen molar-refractivity contribution < 1.29 is 14.1 Å². The van der Waals surface area contributed by atoms with Gasteiger partial charge in [-0.1, -0.05) is 23.4 Å². The van der Waals surface area contributed by atoms with Gasteiger partial charge in [0, 0.05) is 30.6 Å². The van der Waals surface area contributed by atoms with E-state index in [0.717, 1.165) is 22.5 Å². The van der Waals surface area contributed by atoms with Crippen LogP contribution in [0.1, 0.15) is 29.2 Å². The zero-order chi connectivity index (χ0) is 15.1. The van der Waals surface area contributed by atoms with Crippen LogP contribution in [0.5, 0.6) is 0 Å². The van der Waals surface area contributed by atoms with Crippen LogP contribution in [0.25, 0.3) is 0 Å². The molecule has 1 aromatic carbocycles. The first-order valence-electron chi connectivity index (χ1n) is 7.32. The van der Waals surface area contributed by atoms with E-state index >= 15 is 0 Å². The topological polar surface area (TPSA) is 75.4 Å². The van der Waals surface area contributed by atoms with Gasteiger partial charge in [-0.3, -0.25) is 9.59 Å². The minimum Gasteiger partial charge on any atom is -0.364 e. The standard InChI is InChI=1S/C16H15N3O3/c20-15-7-12(11-3-1-2-4-14(11)17-15)16(21)19-6-5-13-10(8-19)9-22-18-13/h1-4,9,12H,5-8H2,(H,17,20)/t12-/m0/s1. The number of hydrogen-bond donors (Lipinski definition) is 1. The van der Waals surface area contributed by atoms with Crippen molar-refractivity contribution in [3.05, 3.63) is 47.3 Å². The van der Waals surface area contributed by atoms with Crippen LogP contribution in [0.4, 0.5) is 5.69 Å². The SMILES string of the molecule is O=C1C[C@H](C(=O)N2CCc3nocc3C2)c2ccccc2N1. The molecule has 0 saturated heterocycles. The molecule has 0 saturated carbocycles. The molecule has 0 fully saturated rings. The van der Waals surface area contributed by atoms with Gasteiger partial charge in [-0.25, -0.2) is 0 Å². The highest BCUT2D eigenvalue weighted by Crippen LogP contribution is 2.34. The van der Waals surface area contributed by atoms with Crippen molar-refractivity contribution in [2.45, 2.75) is 25.3 Å². The van der Waals surface area contributed by atoms with Crippen molar-refractivity contribution in [3.8, 4) is 0 Å². The quantitative estimate of drug-likeness (QED) is 0.869. The summed E-state index contributed by atoms with van der Waals surface area (Å²) in [5.74, 6) is -0.528. The van der Waals surface area contributed by atoms with E-state index in [9.17, 15) is 9.59 Å². The second-order valence-corrected chi connectivity index (χ2v) is 5.69. The number of amides is 2. The third-order valence-corrected chi connectivity index (χ3v) is 4.32. The number of fused-ring (bicyclic) bond motifs is 2. The van der Waals surface area contributed by atoms with E-state index < -0.39 is 5.92 Å². The van der Waals surface area contributed by atoms with E-state index in [-0.39, 0.29) is 18.2 Å². The summed E-state index contributed by atoms with van der Waals surface area (Å²) in [7, 11) is 0. The van der Waals surface area contributed by atoms with E-state index in [1.54, 1.807) is 11.2 Å². The highest BCUT2D eigenvalue weighted by molar-refractivity contribution is 6.01. The van der Waals surface area contributed by atoms with Crippen molar-refractivity contribution >= 4 is 17.5 Å². The lowest BCUT2D eigenvalue weighted by atomic mass is 9.89. The largest absolute Gasteiger partial charge is 0.364 e. The molecule has 112 valence electrons. The summed E-state index contributed by atoms with van der Waals surface area (Å²) in [5.41, 5.74) is 3.50. The molecular formula is C16H15N3O3. The zero-order valence-electron chi connectivity index (χ0n) is 11.9. The average molecular weight is 297 g/mol. The Balaban J connectivity index is 1.62. The van der Waals surface area contributed by atoms with Gasteiger partial charge < -0.3 is 14.7 Å². The van der Waals surface area contributed by atoms with Crippen molar-refractivity contribution in [1.82, 2.24) is 10.1 Å². The molecule has 3 heterocycles. The maximum absolute atomic E-state index is 12.9. The van der Waals surface area contributed by atoms with E-state index in [2.05, 4.69) is 10.5 Å². The van der Waals surface area contributed by atoms with Crippen LogP contribution in [-0.4, -0.2) is 28.4 Å². The predicted octanol–water partition coefficient (Wildman–Crippen LogP) is 1.69. The van der Waals surface area contributed by atoms with Crippen LogP contribution >= 0.6 is 0 Å². The predicted molar refractivity (Wildman–Crippen MR) is 78.1 cm³/mol. The van der Waals surface area contributed by atoms with Gasteiger partial charge in [-0.05, 0) is 11.6 Å². The third kappa shape index (κ3) is 2.07. The number of benzene rings is 1. The summed E-state index contributed by atoms with van der Waals surface area (Å²) >= 11 is 0. The second-order valence-electron chi connectivity index (χ2n) is 5.69. The lowest BCUT2D eigenvalue weighted by molar-refractivity contribution is -0.135. The van der Waals surface area contributed by atoms with Gasteiger partial charge in [-0.15, -0.1) is 0 Å². The summed E-state index contributed by atoms with van der Waals surface area (Å²) in [4.78, 5) is 26.6.